The molecule has 2 unspecified atom stereocenters. The number of para-hydroxylation sites is 2. The molecular formula is C28H27ClN2O4. The van der Waals surface area contributed by atoms with Crippen LogP contribution in [0.3, 0.4) is 0 Å². The average Bonchev–Trinajstić information content (AvgIpc) is 3.05. The molecule has 35 heavy (non-hydrogen) atoms. The lowest BCUT2D eigenvalue weighted by atomic mass is 9.78. The minimum absolute atomic E-state index is 0.00620. The number of carbonyl (C=O) groups is 1. The quantitative estimate of drug-likeness (QED) is 0.434. The van der Waals surface area contributed by atoms with Crippen LogP contribution in [0, 0.1) is 0 Å². The lowest BCUT2D eigenvalue weighted by Crippen LogP contribution is -2.27. The van der Waals surface area contributed by atoms with E-state index >= 15 is 0 Å². The van der Waals surface area contributed by atoms with Gasteiger partial charge in [0.05, 0.1) is 38.7 Å². The number of anilines is 2. The van der Waals surface area contributed by atoms with Crippen LogP contribution in [0.2, 0.25) is 5.02 Å². The highest BCUT2D eigenvalue weighted by atomic mass is 35.5. The number of hydrogen-bond donors (Lipinski definition) is 2. The van der Waals surface area contributed by atoms with Crippen LogP contribution in [0.5, 0.6) is 17.2 Å². The second-order valence-electron chi connectivity index (χ2n) is 8.65. The third kappa shape index (κ3) is 4.19. The molecule has 6 nitrogen and oxygen atoms in total. The van der Waals surface area contributed by atoms with Gasteiger partial charge in [-0.2, -0.15) is 0 Å². The smallest absolute Gasteiger partial charge is 0.203 e. The number of nitrogens with one attached hydrogen (secondary N) is 2. The zero-order chi connectivity index (χ0) is 24.5. The van der Waals surface area contributed by atoms with Crippen LogP contribution in [-0.4, -0.2) is 27.1 Å². The van der Waals surface area contributed by atoms with E-state index in [1.54, 1.807) is 21.3 Å². The molecular weight excluding hydrogens is 464 g/mol. The maximum absolute atomic E-state index is 13.8. The summed E-state index contributed by atoms with van der Waals surface area (Å²) in [5.74, 6) is 1.65. The van der Waals surface area contributed by atoms with Gasteiger partial charge >= 0.3 is 0 Å². The van der Waals surface area contributed by atoms with E-state index in [-0.39, 0.29) is 11.7 Å². The van der Waals surface area contributed by atoms with Crippen molar-refractivity contribution in [2.45, 2.75) is 24.8 Å². The Morgan fingerprint density at radius 3 is 2.17 bits per heavy atom. The number of hydrogen-bond acceptors (Lipinski definition) is 6. The third-order valence-electron chi connectivity index (χ3n) is 6.67. The Morgan fingerprint density at radius 1 is 0.857 bits per heavy atom. The summed E-state index contributed by atoms with van der Waals surface area (Å²) in [5.41, 5.74) is 5.26. The van der Waals surface area contributed by atoms with Gasteiger partial charge in [0.15, 0.2) is 17.3 Å². The summed E-state index contributed by atoms with van der Waals surface area (Å²) in [6.45, 7) is 0. The van der Waals surface area contributed by atoms with E-state index in [0.29, 0.717) is 40.7 Å². The lowest BCUT2D eigenvalue weighted by Gasteiger charge is -2.30. The molecule has 3 aromatic carbocycles. The van der Waals surface area contributed by atoms with Gasteiger partial charge in [-0.05, 0) is 53.8 Å². The molecule has 0 spiro atoms. The maximum atomic E-state index is 13.8. The SMILES string of the molecule is COc1cc(C2Nc3ccccc3NC3=C2C(=O)CC(c2ccccc2Cl)C3)cc(OC)c1OC. The standard InChI is InChI=1S/C28H27ClN2O4/c1-33-24-14-17(15-25(34-2)28(24)35-3)27-26-22(30-20-10-6-7-11-21(20)31-27)12-16(13-23(26)32)18-8-4-5-9-19(18)29/h4-11,14-16,27,30-31H,12-13H2,1-3H3. The van der Waals surface area contributed by atoms with Crippen LogP contribution in [0.15, 0.2) is 71.9 Å². The molecule has 5 rings (SSSR count). The van der Waals surface area contributed by atoms with E-state index in [0.717, 1.165) is 28.2 Å². The number of ketones is 1. The van der Waals surface area contributed by atoms with E-state index in [2.05, 4.69) is 10.6 Å². The van der Waals surface area contributed by atoms with Gasteiger partial charge in [-0.25, -0.2) is 0 Å². The number of benzene rings is 3. The minimum atomic E-state index is -0.408. The first-order chi connectivity index (χ1) is 17.0. The van der Waals surface area contributed by atoms with E-state index in [1.165, 1.54) is 0 Å². The maximum Gasteiger partial charge on any atom is 0.203 e. The molecule has 0 radical (unpaired) electrons. The van der Waals surface area contributed by atoms with Gasteiger partial charge in [-0.15, -0.1) is 0 Å². The molecule has 0 saturated carbocycles. The lowest BCUT2D eigenvalue weighted by molar-refractivity contribution is -0.116. The summed E-state index contributed by atoms with van der Waals surface area (Å²) in [7, 11) is 4.75. The largest absolute Gasteiger partial charge is 0.493 e. The Morgan fingerprint density at radius 2 is 1.51 bits per heavy atom. The molecule has 1 aliphatic carbocycles. The van der Waals surface area contributed by atoms with Gasteiger partial charge in [0.1, 0.15) is 0 Å². The number of Topliss-reactive ketones (excluding diaryl/α,β-unsaturated/α-hetero) is 1. The van der Waals surface area contributed by atoms with Crippen molar-refractivity contribution in [3.05, 3.63) is 88.1 Å². The van der Waals surface area contributed by atoms with Gasteiger partial charge in [-0.1, -0.05) is 41.9 Å². The molecule has 2 atom stereocenters. The second-order valence-corrected chi connectivity index (χ2v) is 9.06. The van der Waals surface area contributed by atoms with E-state index in [4.69, 9.17) is 25.8 Å². The molecule has 0 saturated heterocycles. The number of fused-ring (bicyclic) bond motifs is 1. The number of halogens is 1. The predicted octanol–water partition coefficient (Wildman–Crippen LogP) is 6.35. The van der Waals surface area contributed by atoms with Gasteiger partial charge in [-0.3, -0.25) is 4.79 Å². The van der Waals surface area contributed by atoms with Crippen molar-refractivity contribution in [3.63, 3.8) is 0 Å². The van der Waals surface area contributed by atoms with Gasteiger partial charge in [0.2, 0.25) is 5.75 Å². The Bertz CT molecular complexity index is 1290. The summed E-state index contributed by atoms with van der Waals surface area (Å²) in [4.78, 5) is 13.8. The molecule has 0 amide bonds. The van der Waals surface area contributed by atoms with Crippen molar-refractivity contribution < 1.29 is 19.0 Å². The molecule has 2 aliphatic rings. The number of rotatable bonds is 5. The molecule has 180 valence electrons. The summed E-state index contributed by atoms with van der Waals surface area (Å²) in [6, 6.07) is 19.1. The van der Waals surface area contributed by atoms with Crippen molar-refractivity contribution in [1.29, 1.82) is 0 Å². The summed E-state index contributed by atoms with van der Waals surface area (Å²) in [5, 5.41) is 7.83. The summed E-state index contributed by atoms with van der Waals surface area (Å²) < 4.78 is 16.7. The van der Waals surface area contributed by atoms with Crippen LogP contribution in [-0.2, 0) is 4.79 Å². The van der Waals surface area contributed by atoms with Gasteiger partial charge in [0.25, 0.3) is 0 Å². The topological polar surface area (TPSA) is 68.8 Å². The predicted molar refractivity (Wildman–Crippen MR) is 138 cm³/mol. The molecule has 1 aliphatic heterocycles. The molecule has 2 N–H and O–H groups in total. The third-order valence-corrected chi connectivity index (χ3v) is 7.02. The zero-order valence-electron chi connectivity index (χ0n) is 19.9. The van der Waals surface area contributed by atoms with Crippen LogP contribution in [0.4, 0.5) is 11.4 Å². The molecule has 0 aromatic heterocycles. The van der Waals surface area contributed by atoms with Crippen LogP contribution in [0.25, 0.3) is 0 Å². The first kappa shape index (κ1) is 23.1. The zero-order valence-corrected chi connectivity index (χ0v) is 20.6. The fourth-order valence-corrected chi connectivity index (χ4v) is 5.33. The molecule has 0 bridgehead atoms. The fraction of sp³-hybridized carbons (Fsp3) is 0.250. The van der Waals surface area contributed by atoms with Gasteiger partial charge in [0, 0.05) is 22.7 Å². The molecule has 3 aromatic rings. The first-order valence-electron chi connectivity index (χ1n) is 11.5. The second kappa shape index (κ2) is 9.55. The number of ether oxygens (including phenoxy) is 3. The van der Waals surface area contributed by atoms with E-state index in [9.17, 15) is 4.79 Å². The Balaban J connectivity index is 1.66. The van der Waals surface area contributed by atoms with Crippen molar-refractivity contribution in [1.82, 2.24) is 0 Å². The number of allylic oxidation sites excluding steroid dienone is 1. The monoisotopic (exact) mass is 490 g/mol. The van der Waals surface area contributed by atoms with Crippen LogP contribution in [0.1, 0.15) is 35.9 Å². The summed E-state index contributed by atoms with van der Waals surface area (Å²) in [6.07, 6.45) is 1.05. The highest BCUT2D eigenvalue weighted by molar-refractivity contribution is 6.31. The average molecular weight is 491 g/mol. The van der Waals surface area contributed by atoms with E-state index < -0.39 is 6.04 Å². The molecule has 7 heteroatoms. The summed E-state index contributed by atoms with van der Waals surface area (Å²) >= 11 is 6.51. The Kier molecular flexibility index (Phi) is 6.31. The van der Waals surface area contributed by atoms with Crippen molar-refractivity contribution in [2.24, 2.45) is 0 Å². The normalized spacial score (nSPS) is 19.0. The van der Waals surface area contributed by atoms with Crippen molar-refractivity contribution in [2.75, 3.05) is 32.0 Å². The Labute approximate surface area is 209 Å². The number of carbonyl (C=O) groups excluding carboxylic acids is 1. The first-order valence-corrected chi connectivity index (χ1v) is 11.8. The highest BCUT2D eigenvalue weighted by Crippen LogP contribution is 2.47. The highest BCUT2D eigenvalue weighted by Gasteiger charge is 2.37. The van der Waals surface area contributed by atoms with Crippen molar-refractivity contribution >= 4 is 28.8 Å². The van der Waals surface area contributed by atoms with Crippen molar-refractivity contribution in [3.8, 4) is 17.2 Å². The fourth-order valence-electron chi connectivity index (χ4n) is 5.04. The van der Waals surface area contributed by atoms with Gasteiger partial charge < -0.3 is 24.8 Å². The van der Waals surface area contributed by atoms with Crippen LogP contribution < -0.4 is 24.8 Å². The Hall–Kier alpha value is -3.64. The number of methoxy groups -OCH3 is 3. The van der Waals surface area contributed by atoms with Crippen LogP contribution >= 0.6 is 11.6 Å². The minimum Gasteiger partial charge on any atom is -0.493 e. The van der Waals surface area contributed by atoms with E-state index in [1.807, 2.05) is 60.7 Å². The molecule has 0 fully saturated rings. The molecule has 1 heterocycles.